The van der Waals surface area contributed by atoms with Crippen molar-refractivity contribution in [3.05, 3.63) is 82.8 Å². The predicted octanol–water partition coefficient (Wildman–Crippen LogP) is 4.75. The summed E-state index contributed by atoms with van der Waals surface area (Å²) in [6.45, 7) is -0.321. The van der Waals surface area contributed by atoms with Crippen molar-refractivity contribution in [1.82, 2.24) is 0 Å². The molecule has 0 aromatic heterocycles. The normalized spacial score (nSPS) is 14.8. The van der Waals surface area contributed by atoms with Crippen LogP contribution in [0.2, 0.25) is 10.0 Å². The second-order valence-electron chi connectivity index (χ2n) is 7.29. The van der Waals surface area contributed by atoms with Crippen molar-refractivity contribution in [2.24, 2.45) is 0 Å². The molecule has 0 aliphatic carbocycles. The Morgan fingerprint density at radius 2 is 1.58 bits per heavy atom. The number of carbonyl (C=O) groups is 3. The maximum absolute atomic E-state index is 13.2. The van der Waals surface area contributed by atoms with Crippen LogP contribution in [0.25, 0.3) is 0 Å². The first-order valence-electron chi connectivity index (χ1n) is 10.1. The molecule has 1 aliphatic heterocycles. The highest BCUT2D eigenvalue weighted by atomic mass is 35.5. The third kappa shape index (κ3) is 5.45. The molecule has 168 valence electrons. The van der Waals surface area contributed by atoms with Gasteiger partial charge in [-0.1, -0.05) is 35.3 Å². The van der Waals surface area contributed by atoms with Crippen molar-refractivity contribution in [3.63, 3.8) is 0 Å². The first-order valence-corrected chi connectivity index (χ1v) is 10.8. The van der Waals surface area contributed by atoms with Gasteiger partial charge in [-0.15, -0.1) is 0 Å². The van der Waals surface area contributed by atoms with E-state index in [0.29, 0.717) is 32.9 Å². The number of para-hydroxylation sites is 2. The van der Waals surface area contributed by atoms with Crippen LogP contribution in [0, 0.1) is 0 Å². The minimum absolute atomic E-state index is 0.241. The van der Waals surface area contributed by atoms with Gasteiger partial charge < -0.3 is 15.4 Å². The number of nitrogens with zero attached hydrogens (tertiary/aromatic N) is 1. The summed E-state index contributed by atoms with van der Waals surface area (Å²) in [5, 5.41) is 6.57. The number of carbonyl (C=O) groups excluding carboxylic acids is 3. The molecule has 0 unspecified atom stereocenters. The van der Waals surface area contributed by atoms with Gasteiger partial charge in [0.25, 0.3) is 5.91 Å². The van der Waals surface area contributed by atoms with E-state index in [1.54, 1.807) is 72.8 Å². The fourth-order valence-corrected chi connectivity index (χ4v) is 3.70. The van der Waals surface area contributed by atoms with Gasteiger partial charge in [-0.05, 0) is 60.7 Å². The smallest absolute Gasteiger partial charge is 0.265 e. The number of nitrogens with one attached hydrogen (secondary N) is 2. The molecule has 4 rings (SSSR count). The lowest BCUT2D eigenvalue weighted by Gasteiger charge is -2.36. The lowest BCUT2D eigenvalue weighted by atomic mass is 10.0. The van der Waals surface area contributed by atoms with Crippen LogP contribution in [0.5, 0.6) is 5.75 Å². The van der Waals surface area contributed by atoms with Gasteiger partial charge in [-0.25, -0.2) is 0 Å². The molecule has 3 aromatic rings. The molecule has 0 radical (unpaired) electrons. The van der Waals surface area contributed by atoms with E-state index in [1.165, 1.54) is 4.90 Å². The second-order valence-corrected chi connectivity index (χ2v) is 8.16. The van der Waals surface area contributed by atoms with Gasteiger partial charge in [-0.3, -0.25) is 19.3 Å². The van der Waals surface area contributed by atoms with Crippen molar-refractivity contribution >= 4 is 58.0 Å². The highest BCUT2D eigenvalue weighted by Gasteiger charge is 2.38. The molecular formula is C24H19Cl2N3O4. The van der Waals surface area contributed by atoms with Gasteiger partial charge in [0.15, 0.2) is 6.61 Å². The minimum Gasteiger partial charge on any atom is -0.484 e. The Labute approximate surface area is 200 Å². The molecule has 0 bridgehead atoms. The van der Waals surface area contributed by atoms with Crippen LogP contribution in [0.4, 0.5) is 17.1 Å². The third-order valence-electron chi connectivity index (χ3n) is 4.99. The zero-order valence-electron chi connectivity index (χ0n) is 17.3. The highest BCUT2D eigenvalue weighted by Crippen LogP contribution is 2.33. The summed E-state index contributed by atoms with van der Waals surface area (Å²) in [4.78, 5) is 40.0. The Balaban J connectivity index is 1.53. The summed E-state index contributed by atoms with van der Waals surface area (Å²) >= 11 is 11.8. The van der Waals surface area contributed by atoms with E-state index < -0.39 is 23.8 Å². The Morgan fingerprint density at radius 1 is 0.939 bits per heavy atom. The van der Waals surface area contributed by atoms with Crippen LogP contribution in [-0.2, 0) is 14.4 Å². The first kappa shape index (κ1) is 22.6. The molecule has 1 atom stereocenters. The zero-order valence-corrected chi connectivity index (χ0v) is 18.8. The lowest BCUT2D eigenvalue weighted by molar-refractivity contribution is -0.127. The molecule has 2 N–H and O–H groups in total. The van der Waals surface area contributed by atoms with E-state index in [1.807, 2.05) is 0 Å². The summed E-state index contributed by atoms with van der Waals surface area (Å²) in [6, 6.07) is 19.0. The monoisotopic (exact) mass is 483 g/mol. The molecule has 9 heteroatoms. The molecular weight excluding hydrogens is 465 g/mol. The Morgan fingerprint density at radius 3 is 2.27 bits per heavy atom. The quantitative estimate of drug-likeness (QED) is 0.529. The van der Waals surface area contributed by atoms with Gasteiger partial charge in [0.2, 0.25) is 11.8 Å². The average molecular weight is 484 g/mol. The topological polar surface area (TPSA) is 87.7 Å². The van der Waals surface area contributed by atoms with Crippen LogP contribution in [0.1, 0.15) is 6.42 Å². The van der Waals surface area contributed by atoms with Crippen LogP contribution in [0.3, 0.4) is 0 Å². The van der Waals surface area contributed by atoms with Gasteiger partial charge in [-0.2, -0.15) is 0 Å². The first-order chi connectivity index (χ1) is 15.9. The molecule has 1 aliphatic rings. The fourth-order valence-electron chi connectivity index (χ4n) is 3.45. The van der Waals surface area contributed by atoms with Crippen molar-refractivity contribution in [2.45, 2.75) is 12.5 Å². The number of ether oxygens (including phenoxy) is 1. The maximum Gasteiger partial charge on any atom is 0.265 e. The van der Waals surface area contributed by atoms with E-state index >= 15 is 0 Å². The summed E-state index contributed by atoms with van der Waals surface area (Å²) < 4.78 is 5.59. The number of benzene rings is 3. The maximum atomic E-state index is 13.2. The van der Waals surface area contributed by atoms with Crippen LogP contribution in [-0.4, -0.2) is 30.4 Å². The molecule has 1 heterocycles. The summed E-state index contributed by atoms with van der Waals surface area (Å²) in [7, 11) is 0. The van der Waals surface area contributed by atoms with E-state index in [9.17, 15) is 14.4 Å². The largest absolute Gasteiger partial charge is 0.484 e. The summed E-state index contributed by atoms with van der Waals surface area (Å²) in [5.41, 5.74) is 1.51. The molecule has 0 spiro atoms. The molecule has 0 saturated carbocycles. The number of rotatable bonds is 6. The molecule has 0 fully saturated rings. The zero-order chi connectivity index (χ0) is 23.4. The molecule has 3 amide bonds. The van der Waals surface area contributed by atoms with Crippen molar-refractivity contribution in [3.8, 4) is 5.75 Å². The van der Waals surface area contributed by atoms with Crippen LogP contribution >= 0.6 is 23.2 Å². The van der Waals surface area contributed by atoms with Crippen LogP contribution < -0.4 is 20.3 Å². The standard InChI is InChI=1S/C24H19Cl2N3O4/c25-15-5-9-17(10-6-15)27-22(30)13-21-24(32)28-19-3-1-2-4-20(19)29(21)23(31)14-33-18-11-7-16(26)8-12-18/h1-12,21H,13-14H2,(H,27,30)(H,28,32)/t21-/m0/s1. The van der Waals surface area contributed by atoms with E-state index in [0.717, 1.165) is 0 Å². The number of anilines is 3. The van der Waals surface area contributed by atoms with Gasteiger partial charge in [0, 0.05) is 15.7 Å². The number of amides is 3. The summed E-state index contributed by atoms with van der Waals surface area (Å²) in [6.07, 6.45) is -0.241. The minimum atomic E-state index is -1.05. The van der Waals surface area contributed by atoms with E-state index in [2.05, 4.69) is 10.6 Å². The average Bonchev–Trinajstić information content (AvgIpc) is 2.80. The molecule has 7 nitrogen and oxygen atoms in total. The number of fused-ring (bicyclic) bond motifs is 1. The second kappa shape index (κ2) is 9.94. The van der Waals surface area contributed by atoms with Crippen molar-refractivity contribution in [2.75, 3.05) is 22.1 Å². The van der Waals surface area contributed by atoms with Crippen LogP contribution in [0.15, 0.2) is 72.8 Å². The number of hydrogen-bond acceptors (Lipinski definition) is 4. The van der Waals surface area contributed by atoms with E-state index in [4.69, 9.17) is 27.9 Å². The predicted molar refractivity (Wildman–Crippen MR) is 128 cm³/mol. The summed E-state index contributed by atoms with van der Waals surface area (Å²) in [5.74, 6) is -0.885. The van der Waals surface area contributed by atoms with Crippen molar-refractivity contribution in [1.29, 1.82) is 0 Å². The molecule has 3 aromatic carbocycles. The highest BCUT2D eigenvalue weighted by molar-refractivity contribution is 6.30. The van der Waals surface area contributed by atoms with Gasteiger partial charge in [0.1, 0.15) is 11.8 Å². The van der Waals surface area contributed by atoms with Gasteiger partial charge >= 0.3 is 0 Å². The Bertz CT molecular complexity index is 1180. The molecule has 0 saturated heterocycles. The number of hydrogen-bond donors (Lipinski definition) is 2. The SMILES string of the molecule is O=C(C[C@H]1C(=O)Nc2ccccc2N1C(=O)COc1ccc(Cl)cc1)Nc1ccc(Cl)cc1. The van der Waals surface area contributed by atoms with Crippen molar-refractivity contribution < 1.29 is 19.1 Å². The molecule has 33 heavy (non-hydrogen) atoms. The lowest BCUT2D eigenvalue weighted by Crippen LogP contribution is -2.53. The fraction of sp³-hybridized carbons (Fsp3) is 0.125. The van der Waals surface area contributed by atoms with E-state index in [-0.39, 0.29) is 13.0 Å². The number of halogens is 2. The Hall–Kier alpha value is -3.55. The Kier molecular flexibility index (Phi) is 6.82. The van der Waals surface area contributed by atoms with Gasteiger partial charge in [0.05, 0.1) is 17.8 Å². The third-order valence-corrected chi connectivity index (χ3v) is 5.49.